The Balaban J connectivity index is 1.27. The minimum atomic E-state index is -0.905. The van der Waals surface area contributed by atoms with Gasteiger partial charge in [-0.25, -0.2) is 13.8 Å². The van der Waals surface area contributed by atoms with Gasteiger partial charge in [-0.3, -0.25) is 14.6 Å². The van der Waals surface area contributed by atoms with Gasteiger partial charge in [-0.1, -0.05) is 6.07 Å². The molecule has 3 aliphatic heterocycles. The molecule has 7 heterocycles. The lowest BCUT2D eigenvalue weighted by Crippen LogP contribution is -2.22. The van der Waals surface area contributed by atoms with E-state index in [4.69, 9.17) is 14.2 Å². The van der Waals surface area contributed by atoms with E-state index < -0.39 is 11.6 Å². The molecule has 0 spiro atoms. The highest BCUT2D eigenvalue weighted by Crippen LogP contribution is 2.50. The number of fused-ring (bicyclic) bond motifs is 4. The summed E-state index contributed by atoms with van der Waals surface area (Å²) < 4.78 is 39.5. The molecular formula is C34H31F2N5O4S. The number of benzene rings is 1. The van der Waals surface area contributed by atoms with E-state index in [1.807, 2.05) is 17.0 Å². The summed E-state index contributed by atoms with van der Waals surface area (Å²) in [4.78, 5) is 39.0. The van der Waals surface area contributed by atoms with Gasteiger partial charge in [0.05, 0.1) is 39.3 Å². The predicted molar refractivity (Wildman–Crippen MR) is 170 cm³/mol. The number of H-pyrrole nitrogens is 1. The van der Waals surface area contributed by atoms with Crippen LogP contribution in [0.2, 0.25) is 0 Å². The molecular weight excluding hydrogens is 612 g/mol. The number of halogens is 2. The quantitative estimate of drug-likeness (QED) is 0.190. The molecule has 0 saturated carbocycles. The van der Waals surface area contributed by atoms with Gasteiger partial charge in [-0.05, 0) is 79.7 Å². The summed E-state index contributed by atoms with van der Waals surface area (Å²) in [6.07, 6.45) is 7.04. The molecule has 0 radical (unpaired) electrons. The molecule has 12 heteroatoms. The average Bonchev–Trinajstić information content (AvgIpc) is 3.86. The fourth-order valence-corrected chi connectivity index (χ4v) is 8.25. The van der Waals surface area contributed by atoms with Crippen LogP contribution in [-0.4, -0.2) is 45.7 Å². The number of thiophene rings is 1. The van der Waals surface area contributed by atoms with Crippen LogP contribution in [0.4, 0.5) is 14.6 Å². The highest BCUT2D eigenvalue weighted by atomic mass is 32.1. The van der Waals surface area contributed by atoms with Crippen LogP contribution >= 0.6 is 11.3 Å². The summed E-state index contributed by atoms with van der Waals surface area (Å²) in [6.45, 7) is 2.42. The van der Waals surface area contributed by atoms with E-state index >= 15 is 0 Å². The van der Waals surface area contributed by atoms with E-state index in [0.29, 0.717) is 47.2 Å². The van der Waals surface area contributed by atoms with Crippen molar-refractivity contribution in [3.05, 3.63) is 87.1 Å². The Morgan fingerprint density at radius 3 is 2.70 bits per heavy atom. The maximum atomic E-state index is 14.1. The third kappa shape index (κ3) is 5.09. The summed E-state index contributed by atoms with van der Waals surface area (Å²) in [7, 11) is 0. The lowest BCUT2D eigenvalue weighted by Gasteiger charge is -2.23. The zero-order valence-corrected chi connectivity index (χ0v) is 25.7. The SMILES string of the molecule is O=C1c2c(nc(CCC3CCOCC3)c(-c3cc(=O)[nH]o3)c2-c2cc3ccnc(NCc4ccc(F)c(F)c4)c3s2)[C@@H]2CCCN12. The minimum absolute atomic E-state index is 0.0534. The molecule has 1 atom stereocenters. The lowest BCUT2D eigenvalue weighted by molar-refractivity contribution is 0.0639. The second-order valence-corrected chi connectivity index (χ2v) is 13.2. The van der Waals surface area contributed by atoms with Gasteiger partial charge in [0.15, 0.2) is 17.4 Å². The van der Waals surface area contributed by atoms with Crippen LogP contribution < -0.4 is 10.9 Å². The number of rotatable bonds is 8. The molecule has 2 N–H and O–H groups in total. The Labute approximate surface area is 266 Å². The van der Waals surface area contributed by atoms with Crippen molar-refractivity contribution >= 4 is 33.1 Å². The molecule has 4 aromatic heterocycles. The second kappa shape index (κ2) is 11.7. The van der Waals surface area contributed by atoms with E-state index in [1.165, 1.54) is 29.5 Å². The van der Waals surface area contributed by atoms with Crippen molar-refractivity contribution in [2.75, 3.05) is 25.1 Å². The number of aryl methyl sites for hydroxylation is 1. The predicted octanol–water partition coefficient (Wildman–Crippen LogP) is 6.85. The molecule has 236 valence electrons. The van der Waals surface area contributed by atoms with Crippen LogP contribution in [0.25, 0.3) is 31.9 Å². The topological polar surface area (TPSA) is 113 Å². The fraction of sp³-hybridized carbons (Fsp3) is 0.353. The van der Waals surface area contributed by atoms with Gasteiger partial charge in [-0.2, -0.15) is 5.16 Å². The number of anilines is 1. The first kappa shape index (κ1) is 29.0. The number of hydrogen-bond donors (Lipinski definition) is 2. The van der Waals surface area contributed by atoms with E-state index in [2.05, 4.69) is 15.5 Å². The molecule has 1 amide bonds. The molecule has 2 fully saturated rings. The number of aromatic amines is 1. The molecule has 46 heavy (non-hydrogen) atoms. The van der Waals surface area contributed by atoms with Crippen molar-refractivity contribution in [2.45, 2.75) is 51.1 Å². The fourth-order valence-electron chi connectivity index (χ4n) is 7.07. The smallest absolute Gasteiger partial charge is 0.280 e. The Hall–Kier alpha value is -4.42. The Bertz CT molecular complexity index is 2030. The number of amides is 1. The normalized spacial score (nSPS) is 18.0. The number of carbonyl (C=O) groups excluding carboxylic acids is 1. The van der Waals surface area contributed by atoms with Crippen molar-refractivity contribution < 1.29 is 22.8 Å². The Kier molecular flexibility index (Phi) is 7.41. The summed E-state index contributed by atoms with van der Waals surface area (Å²) in [5.74, 6) is -0.413. The number of ether oxygens (including phenoxy) is 1. The minimum Gasteiger partial charge on any atom is -0.381 e. The van der Waals surface area contributed by atoms with E-state index in [-0.39, 0.29) is 24.1 Å². The first-order chi connectivity index (χ1) is 22.4. The maximum absolute atomic E-state index is 14.1. The van der Waals surface area contributed by atoms with Crippen molar-refractivity contribution in [3.63, 3.8) is 0 Å². The van der Waals surface area contributed by atoms with Crippen LogP contribution in [0.15, 0.2) is 51.9 Å². The van der Waals surface area contributed by atoms with Crippen LogP contribution in [0.1, 0.15) is 65.5 Å². The largest absolute Gasteiger partial charge is 0.381 e. The van der Waals surface area contributed by atoms with Gasteiger partial charge in [0.2, 0.25) is 0 Å². The van der Waals surface area contributed by atoms with E-state index in [0.717, 1.165) is 83.3 Å². The van der Waals surface area contributed by atoms with Crippen LogP contribution in [0.3, 0.4) is 0 Å². The van der Waals surface area contributed by atoms with Crippen LogP contribution in [0, 0.1) is 17.6 Å². The molecule has 0 bridgehead atoms. The van der Waals surface area contributed by atoms with Crippen LogP contribution in [-0.2, 0) is 17.7 Å². The van der Waals surface area contributed by atoms with Gasteiger partial charge in [0.1, 0.15) is 5.82 Å². The summed E-state index contributed by atoms with van der Waals surface area (Å²) in [5.41, 5.74) is 3.77. The molecule has 9 nitrogen and oxygen atoms in total. The van der Waals surface area contributed by atoms with Gasteiger partial charge in [0, 0.05) is 42.9 Å². The Morgan fingerprint density at radius 2 is 1.89 bits per heavy atom. The molecule has 8 rings (SSSR count). The number of nitrogens with zero attached hydrogens (tertiary/aromatic N) is 3. The van der Waals surface area contributed by atoms with E-state index in [9.17, 15) is 18.4 Å². The molecule has 5 aromatic rings. The van der Waals surface area contributed by atoms with Gasteiger partial charge in [-0.15, -0.1) is 11.3 Å². The molecule has 2 saturated heterocycles. The second-order valence-electron chi connectivity index (χ2n) is 12.2. The van der Waals surface area contributed by atoms with E-state index in [1.54, 1.807) is 6.20 Å². The monoisotopic (exact) mass is 643 g/mol. The number of carbonyl (C=O) groups is 1. The molecule has 0 aliphatic carbocycles. The van der Waals surface area contributed by atoms with Crippen LogP contribution in [0.5, 0.6) is 0 Å². The summed E-state index contributed by atoms with van der Waals surface area (Å²) >= 11 is 1.48. The zero-order chi connectivity index (χ0) is 31.4. The highest BCUT2D eigenvalue weighted by molar-refractivity contribution is 7.23. The molecule has 0 unspecified atom stereocenters. The molecule has 1 aromatic carbocycles. The third-order valence-corrected chi connectivity index (χ3v) is 10.5. The Morgan fingerprint density at radius 1 is 1.02 bits per heavy atom. The lowest BCUT2D eigenvalue weighted by atomic mass is 9.89. The van der Waals surface area contributed by atoms with Crippen molar-refractivity contribution in [2.24, 2.45) is 5.92 Å². The maximum Gasteiger partial charge on any atom is 0.280 e. The first-order valence-corrected chi connectivity index (χ1v) is 16.5. The number of aromatic nitrogens is 3. The number of nitrogens with one attached hydrogen (secondary N) is 2. The third-order valence-electron chi connectivity index (χ3n) is 9.37. The van der Waals surface area contributed by atoms with Gasteiger partial charge < -0.3 is 19.5 Å². The summed E-state index contributed by atoms with van der Waals surface area (Å²) in [6, 6.07) is 9.10. The molecule has 3 aliphatic rings. The average molecular weight is 644 g/mol. The van der Waals surface area contributed by atoms with Crippen molar-refractivity contribution in [1.82, 2.24) is 20.0 Å². The van der Waals surface area contributed by atoms with Gasteiger partial charge in [0.25, 0.3) is 11.5 Å². The number of hydrogen-bond acceptors (Lipinski definition) is 8. The first-order valence-electron chi connectivity index (χ1n) is 15.7. The zero-order valence-electron chi connectivity index (χ0n) is 24.9. The van der Waals surface area contributed by atoms with Crippen molar-refractivity contribution in [3.8, 4) is 21.8 Å². The van der Waals surface area contributed by atoms with Crippen molar-refractivity contribution in [1.29, 1.82) is 0 Å². The number of pyridine rings is 2. The standard InChI is InChI=1S/C34H31F2N5O4S/c35-21-5-3-19(14-22(21)36)17-38-33-32-20(7-10-37-33)15-26(46-32)29-28(25-16-27(42)40-45-25)23(6-4-18-8-12-44-13-9-18)39-31-24-2-1-11-41(24)34(43)30(29)31/h3,5,7,10,14-16,18,24H,1-2,4,6,8-9,11-13,17H2,(H,37,38)(H,40,42)/t24-/m0/s1. The van der Waals surface area contributed by atoms with Gasteiger partial charge >= 0.3 is 0 Å². The summed E-state index contributed by atoms with van der Waals surface area (Å²) in [5, 5.41) is 6.62. The highest BCUT2D eigenvalue weighted by Gasteiger charge is 2.44.